The maximum absolute atomic E-state index is 12.3. The van der Waals surface area contributed by atoms with Gasteiger partial charge in [0.1, 0.15) is 17.9 Å². The fourth-order valence-corrected chi connectivity index (χ4v) is 2.27. The normalized spacial score (nSPS) is 10.6. The largest absolute Gasteiger partial charge is 0.507 e. The van der Waals surface area contributed by atoms with Crippen molar-refractivity contribution in [2.24, 2.45) is 7.05 Å². The van der Waals surface area contributed by atoms with Gasteiger partial charge in [-0.05, 0) is 12.1 Å². The van der Waals surface area contributed by atoms with E-state index in [1.54, 1.807) is 18.8 Å². The fraction of sp³-hybridized carbons (Fsp3) is 0.250. The third-order valence-electron chi connectivity index (χ3n) is 2.78. The van der Waals surface area contributed by atoms with Crippen LogP contribution in [0.3, 0.4) is 0 Å². The van der Waals surface area contributed by atoms with Crippen LogP contribution in [-0.2, 0) is 13.6 Å². The van der Waals surface area contributed by atoms with E-state index in [0.29, 0.717) is 5.82 Å². The van der Waals surface area contributed by atoms with E-state index in [0.717, 1.165) is 0 Å². The summed E-state index contributed by atoms with van der Waals surface area (Å²) in [6.45, 7) is 0.244. The Hall–Kier alpha value is -1.79. The van der Waals surface area contributed by atoms with Crippen molar-refractivity contribution in [1.82, 2.24) is 19.7 Å². The Kier molecular flexibility index (Phi) is 4.15. The summed E-state index contributed by atoms with van der Waals surface area (Å²) in [7, 11) is 3.31. The van der Waals surface area contributed by atoms with Crippen molar-refractivity contribution in [3.8, 4) is 5.75 Å². The molecule has 0 aliphatic rings. The highest BCUT2D eigenvalue weighted by Gasteiger charge is 2.21. The summed E-state index contributed by atoms with van der Waals surface area (Å²) >= 11 is 11.7. The van der Waals surface area contributed by atoms with Crippen LogP contribution in [0.5, 0.6) is 5.75 Å². The van der Waals surface area contributed by atoms with E-state index in [1.807, 2.05) is 0 Å². The molecule has 1 amide bonds. The summed E-state index contributed by atoms with van der Waals surface area (Å²) in [4.78, 5) is 17.7. The third-order valence-corrected chi connectivity index (χ3v) is 3.29. The second-order valence-electron chi connectivity index (χ2n) is 4.24. The summed E-state index contributed by atoms with van der Waals surface area (Å²) in [5.74, 6) is -0.0603. The van der Waals surface area contributed by atoms with Crippen molar-refractivity contribution in [3.63, 3.8) is 0 Å². The number of phenols is 1. The molecule has 20 heavy (non-hydrogen) atoms. The highest BCUT2D eigenvalue weighted by Crippen LogP contribution is 2.31. The molecule has 0 bridgehead atoms. The molecule has 0 atom stereocenters. The first kappa shape index (κ1) is 14.6. The minimum absolute atomic E-state index is 0.0146. The van der Waals surface area contributed by atoms with E-state index in [9.17, 15) is 9.90 Å². The number of carbonyl (C=O) groups is 1. The molecule has 1 N–H and O–H groups in total. The van der Waals surface area contributed by atoms with Crippen molar-refractivity contribution < 1.29 is 9.90 Å². The van der Waals surface area contributed by atoms with Gasteiger partial charge in [-0.15, -0.1) is 0 Å². The van der Waals surface area contributed by atoms with Gasteiger partial charge in [-0.25, -0.2) is 4.98 Å². The number of hydrogen-bond acceptors (Lipinski definition) is 4. The van der Waals surface area contributed by atoms with E-state index in [4.69, 9.17) is 23.2 Å². The van der Waals surface area contributed by atoms with Crippen molar-refractivity contribution in [3.05, 3.63) is 39.9 Å². The number of amides is 1. The number of aromatic nitrogens is 3. The van der Waals surface area contributed by atoms with Crippen molar-refractivity contribution >= 4 is 29.1 Å². The Labute approximate surface area is 125 Å². The number of aryl methyl sites for hydroxylation is 1. The predicted molar refractivity (Wildman–Crippen MR) is 74.9 cm³/mol. The van der Waals surface area contributed by atoms with Gasteiger partial charge in [-0.2, -0.15) is 5.10 Å². The Morgan fingerprint density at radius 1 is 1.45 bits per heavy atom. The lowest BCUT2D eigenvalue weighted by molar-refractivity contribution is 0.0777. The monoisotopic (exact) mass is 314 g/mol. The number of benzene rings is 1. The predicted octanol–water partition coefficient (Wildman–Crippen LogP) is 2.10. The Morgan fingerprint density at radius 3 is 2.70 bits per heavy atom. The highest BCUT2D eigenvalue weighted by molar-refractivity contribution is 6.37. The molecule has 6 nitrogen and oxygen atoms in total. The first-order valence-electron chi connectivity index (χ1n) is 5.66. The van der Waals surface area contributed by atoms with E-state index in [1.165, 1.54) is 23.4 Å². The average Bonchev–Trinajstić information content (AvgIpc) is 2.73. The Bertz CT molecular complexity index is 634. The zero-order valence-corrected chi connectivity index (χ0v) is 12.4. The topological polar surface area (TPSA) is 71.2 Å². The number of phenolic OH excluding ortho intramolecular Hbond substituents is 1. The average molecular weight is 315 g/mol. The molecule has 0 fully saturated rings. The number of nitrogens with zero attached hydrogens (tertiary/aromatic N) is 4. The van der Waals surface area contributed by atoms with Crippen molar-refractivity contribution in [2.75, 3.05) is 7.05 Å². The lowest BCUT2D eigenvalue weighted by Gasteiger charge is -2.18. The van der Waals surface area contributed by atoms with Gasteiger partial charge in [-0.1, -0.05) is 23.2 Å². The van der Waals surface area contributed by atoms with Crippen LogP contribution >= 0.6 is 23.2 Å². The second-order valence-corrected chi connectivity index (χ2v) is 5.09. The number of carbonyl (C=O) groups excluding carboxylic acids is 1. The van der Waals surface area contributed by atoms with Gasteiger partial charge < -0.3 is 10.0 Å². The number of hydrogen-bond donors (Lipinski definition) is 1. The van der Waals surface area contributed by atoms with Crippen LogP contribution in [0.25, 0.3) is 0 Å². The van der Waals surface area contributed by atoms with E-state index in [2.05, 4.69) is 10.1 Å². The molecule has 0 saturated carbocycles. The van der Waals surface area contributed by atoms with Gasteiger partial charge in [0.15, 0.2) is 0 Å². The van der Waals surface area contributed by atoms with Crippen molar-refractivity contribution in [1.29, 1.82) is 0 Å². The lowest BCUT2D eigenvalue weighted by Crippen LogP contribution is -2.28. The smallest absolute Gasteiger partial charge is 0.259 e. The minimum Gasteiger partial charge on any atom is -0.507 e. The van der Waals surface area contributed by atoms with Gasteiger partial charge in [0.25, 0.3) is 5.91 Å². The zero-order chi connectivity index (χ0) is 14.9. The van der Waals surface area contributed by atoms with Crippen LogP contribution in [-0.4, -0.2) is 37.7 Å². The molecule has 2 rings (SSSR count). The van der Waals surface area contributed by atoms with E-state index in [-0.39, 0.29) is 27.9 Å². The Morgan fingerprint density at radius 2 is 2.15 bits per heavy atom. The molecule has 0 radical (unpaired) electrons. The molecule has 0 aliphatic carbocycles. The maximum Gasteiger partial charge on any atom is 0.259 e. The van der Waals surface area contributed by atoms with Gasteiger partial charge >= 0.3 is 0 Å². The van der Waals surface area contributed by atoms with Crippen LogP contribution in [0.1, 0.15) is 16.2 Å². The molecule has 1 aromatic heterocycles. The molecule has 8 heteroatoms. The lowest BCUT2D eigenvalue weighted by atomic mass is 10.1. The molecule has 1 heterocycles. The summed E-state index contributed by atoms with van der Waals surface area (Å²) in [5.41, 5.74) is 0.0146. The molecule has 2 aromatic rings. The molecule has 1 aromatic carbocycles. The number of rotatable bonds is 3. The van der Waals surface area contributed by atoms with Gasteiger partial charge in [0, 0.05) is 19.1 Å². The quantitative estimate of drug-likeness (QED) is 0.941. The molecule has 0 aliphatic heterocycles. The van der Waals surface area contributed by atoms with Crippen LogP contribution in [0.2, 0.25) is 10.0 Å². The SMILES string of the molecule is CN(Cc1ncnn1C)C(=O)c1c(O)cc(Cl)cc1Cl. The second kappa shape index (κ2) is 5.68. The highest BCUT2D eigenvalue weighted by atomic mass is 35.5. The standard InChI is InChI=1S/C12H12Cl2N4O2/c1-17(5-10-15-6-16-18(10)2)12(20)11-8(14)3-7(13)4-9(11)19/h3-4,6,19H,5H2,1-2H3. The molecule has 106 valence electrons. The van der Waals surface area contributed by atoms with E-state index >= 15 is 0 Å². The molecular formula is C12H12Cl2N4O2. The zero-order valence-electron chi connectivity index (χ0n) is 10.8. The van der Waals surface area contributed by atoms with Crippen LogP contribution < -0.4 is 0 Å². The van der Waals surface area contributed by atoms with Crippen LogP contribution in [0, 0.1) is 0 Å². The molecule has 0 unspecified atom stereocenters. The molecular weight excluding hydrogens is 303 g/mol. The van der Waals surface area contributed by atoms with Gasteiger partial charge in [0.2, 0.25) is 0 Å². The fourth-order valence-electron chi connectivity index (χ4n) is 1.71. The van der Waals surface area contributed by atoms with Gasteiger partial charge in [0.05, 0.1) is 17.1 Å². The Balaban J connectivity index is 2.25. The van der Waals surface area contributed by atoms with Crippen LogP contribution in [0.15, 0.2) is 18.5 Å². The first-order chi connectivity index (χ1) is 9.40. The summed E-state index contributed by atoms with van der Waals surface area (Å²) < 4.78 is 1.56. The maximum atomic E-state index is 12.3. The summed E-state index contributed by atoms with van der Waals surface area (Å²) in [5, 5.41) is 14.1. The summed E-state index contributed by atoms with van der Waals surface area (Å²) in [6, 6.07) is 2.68. The number of halogens is 2. The first-order valence-corrected chi connectivity index (χ1v) is 6.42. The molecule has 0 saturated heterocycles. The van der Waals surface area contributed by atoms with Crippen molar-refractivity contribution in [2.45, 2.75) is 6.54 Å². The third kappa shape index (κ3) is 2.86. The summed E-state index contributed by atoms with van der Waals surface area (Å²) in [6.07, 6.45) is 1.40. The number of aromatic hydroxyl groups is 1. The molecule has 0 spiro atoms. The van der Waals surface area contributed by atoms with Gasteiger partial charge in [-0.3, -0.25) is 9.48 Å². The van der Waals surface area contributed by atoms with Crippen LogP contribution in [0.4, 0.5) is 0 Å². The van der Waals surface area contributed by atoms with E-state index < -0.39 is 5.91 Å². The minimum atomic E-state index is -0.424.